The van der Waals surface area contributed by atoms with Crippen LogP contribution in [0.5, 0.6) is 0 Å². The van der Waals surface area contributed by atoms with Crippen molar-refractivity contribution < 1.29 is 19.4 Å². The summed E-state index contributed by atoms with van der Waals surface area (Å²) in [5.74, 6) is -1.81. The third kappa shape index (κ3) is 9.12. The third-order valence-corrected chi connectivity index (χ3v) is 2.18. The van der Waals surface area contributed by atoms with Crippen LogP contribution in [-0.4, -0.2) is 23.7 Å². The zero-order valence-electron chi connectivity index (χ0n) is 9.72. The molecule has 0 aromatic heterocycles. The Labute approximate surface area is 101 Å². The van der Waals surface area contributed by atoms with Gasteiger partial charge in [0.15, 0.2) is 0 Å². The molecule has 5 heteroatoms. The van der Waals surface area contributed by atoms with E-state index in [9.17, 15) is 9.59 Å². The lowest BCUT2D eigenvalue weighted by Crippen LogP contribution is -2.16. The number of allylic oxidation sites excluding steroid dienone is 1. The molecule has 5 nitrogen and oxygen atoms in total. The Morgan fingerprint density at radius 2 is 2.24 bits per heavy atom. The number of hydrogen-bond acceptors (Lipinski definition) is 4. The van der Waals surface area contributed by atoms with Crippen LogP contribution in [0.4, 0.5) is 0 Å². The fourth-order valence-electron chi connectivity index (χ4n) is 1.36. The Kier molecular flexibility index (Phi) is 8.39. The first-order valence-corrected chi connectivity index (χ1v) is 5.45. The van der Waals surface area contributed by atoms with Crippen LogP contribution in [0.1, 0.15) is 32.1 Å². The molecule has 17 heavy (non-hydrogen) atoms. The lowest BCUT2D eigenvalue weighted by Gasteiger charge is -2.14. The fourth-order valence-corrected chi connectivity index (χ4v) is 1.36. The average molecular weight is 239 g/mol. The Bertz CT molecular complexity index is 306. The van der Waals surface area contributed by atoms with Crippen molar-refractivity contribution in [1.82, 2.24) is 0 Å². The molecule has 0 saturated carbocycles. The first-order chi connectivity index (χ1) is 8.10. The Morgan fingerprint density at radius 3 is 2.76 bits per heavy atom. The monoisotopic (exact) mass is 239 g/mol. The fraction of sp³-hybridized carbons (Fsp3) is 0.583. The molecule has 0 spiro atoms. The largest absolute Gasteiger partial charge is 0.481 e. The molecule has 0 rings (SSSR count). The maximum atomic E-state index is 11.0. The predicted octanol–water partition coefficient (Wildman–Crippen LogP) is 1.89. The number of carboxylic acids is 1. The second-order valence-electron chi connectivity index (χ2n) is 3.69. The highest BCUT2D eigenvalue weighted by molar-refractivity contribution is 5.90. The van der Waals surface area contributed by atoms with E-state index in [1.165, 1.54) is 0 Å². The maximum absolute atomic E-state index is 11.0. The SMILES string of the molecule is C=CCC(CCCC#N)COC(=O)CC(=O)O. The second kappa shape index (κ2) is 9.40. The molecule has 0 heterocycles. The number of unbranched alkanes of at least 4 members (excludes halogenated alkanes) is 1. The first kappa shape index (κ1) is 15.2. The molecule has 0 aliphatic rings. The van der Waals surface area contributed by atoms with Gasteiger partial charge in [-0.2, -0.15) is 5.26 Å². The molecule has 0 saturated heterocycles. The van der Waals surface area contributed by atoms with Gasteiger partial charge in [0.1, 0.15) is 6.42 Å². The van der Waals surface area contributed by atoms with Crippen molar-refractivity contribution in [2.75, 3.05) is 6.61 Å². The normalized spacial score (nSPS) is 11.2. The van der Waals surface area contributed by atoms with E-state index in [2.05, 4.69) is 6.58 Å². The molecule has 0 aromatic carbocycles. The van der Waals surface area contributed by atoms with Crippen molar-refractivity contribution in [3.63, 3.8) is 0 Å². The van der Waals surface area contributed by atoms with Crippen LogP contribution >= 0.6 is 0 Å². The molecular weight excluding hydrogens is 222 g/mol. The third-order valence-electron chi connectivity index (χ3n) is 2.18. The van der Waals surface area contributed by atoms with Crippen LogP contribution in [0.15, 0.2) is 12.7 Å². The van der Waals surface area contributed by atoms with Crippen LogP contribution in [0, 0.1) is 17.2 Å². The van der Waals surface area contributed by atoms with Gasteiger partial charge in [0.05, 0.1) is 12.7 Å². The van der Waals surface area contributed by atoms with Crippen molar-refractivity contribution in [3.8, 4) is 6.07 Å². The lowest BCUT2D eigenvalue weighted by atomic mass is 9.99. The zero-order chi connectivity index (χ0) is 13.1. The summed E-state index contributed by atoms with van der Waals surface area (Å²) >= 11 is 0. The van der Waals surface area contributed by atoms with Gasteiger partial charge in [-0.15, -0.1) is 6.58 Å². The summed E-state index contributed by atoms with van der Waals surface area (Å²) in [4.78, 5) is 21.2. The van der Waals surface area contributed by atoms with Crippen molar-refractivity contribution in [3.05, 3.63) is 12.7 Å². The van der Waals surface area contributed by atoms with Gasteiger partial charge in [-0.25, -0.2) is 0 Å². The summed E-state index contributed by atoms with van der Waals surface area (Å²) in [7, 11) is 0. The molecule has 94 valence electrons. The van der Waals surface area contributed by atoms with E-state index in [0.29, 0.717) is 12.8 Å². The molecular formula is C12H17NO4. The number of carbonyl (C=O) groups is 2. The summed E-state index contributed by atoms with van der Waals surface area (Å²) in [5.41, 5.74) is 0. The highest BCUT2D eigenvalue weighted by atomic mass is 16.5. The molecule has 1 N–H and O–H groups in total. The predicted molar refractivity (Wildman–Crippen MR) is 61.0 cm³/mol. The molecule has 1 atom stereocenters. The topological polar surface area (TPSA) is 87.4 Å². The van der Waals surface area contributed by atoms with Gasteiger partial charge in [0.25, 0.3) is 0 Å². The van der Waals surface area contributed by atoms with E-state index in [1.54, 1.807) is 6.08 Å². The lowest BCUT2D eigenvalue weighted by molar-refractivity contribution is -0.152. The minimum absolute atomic E-state index is 0.110. The van der Waals surface area contributed by atoms with Gasteiger partial charge in [0, 0.05) is 6.42 Å². The number of hydrogen-bond donors (Lipinski definition) is 1. The summed E-state index contributed by atoms with van der Waals surface area (Å²) in [6.45, 7) is 3.79. The second-order valence-corrected chi connectivity index (χ2v) is 3.69. The van der Waals surface area contributed by atoms with Gasteiger partial charge in [0.2, 0.25) is 0 Å². The highest BCUT2D eigenvalue weighted by Gasteiger charge is 2.13. The molecule has 0 aromatic rings. The molecule has 1 unspecified atom stereocenters. The van der Waals surface area contributed by atoms with Gasteiger partial charge in [-0.1, -0.05) is 6.08 Å². The van der Waals surface area contributed by atoms with E-state index in [1.807, 2.05) is 6.07 Å². The summed E-state index contributed by atoms with van der Waals surface area (Å²) in [6, 6.07) is 2.04. The average Bonchev–Trinajstić information content (AvgIpc) is 2.25. The van der Waals surface area contributed by atoms with Crippen molar-refractivity contribution in [2.24, 2.45) is 5.92 Å². The minimum atomic E-state index is -1.19. The number of nitriles is 1. The maximum Gasteiger partial charge on any atom is 0.317 e. The van der Waals surface area contributed by atoms with Crippen molar-refractivity contribution >= 4 is 11.9 Å². The van der Waals surface area contributed by atoms with E-state index < -0.39 is 18.4 Å². The number of nitrogens with zero attached hydrogens (tertiary/aromatic N) is 1. The molecule has 0 aliphatic carbocycles. The molecule has 0 aliphatic heterocycles. The van der Waals surface area contributed by atoms with Crippen LogP contribution in [0.2, 0.25) is 0 Å². The number of esters is 1. The number of rotatable bonds is 9. The molecule has 0 bridgehead atoms. The quantitative estimate of drug-likeness (QED) is 0.287. The Morgan fingerprint density at radius 1 is 1.53 bits per heavy atom. The Hall–Kier alpha value is -1.83. The van der Waals surface area contributed by atoms with Gasteiger partial charge in [-0.3, -0.25) is 9.59 Å². The van der Waals surface area contributed by atoms with Crippen LogP contribution in [0.3, 0.4) is 0 Å². The minimum Gasteiger partial charge on any atom is -0.481 e. The molecule has 0 fully saturated rings. The van der Waals surface area contributed by atoms with E-state index in [-0.39, 0.29) is 12.5 Å². The molecule has 0 amide bonds. The summed E-state index contributed by atoms with van der Waals surface area (Å²) < 4.78 is 4.85. The summed E-state index contributed by atoms with van der Waals surface area (Å²) in [6.07, 6.45) is 3.77. The number of carboxylic acid groups (broad SMARTS) is 1. The highest BCUT2D eigenvalue weighted by Crippen LogP contribution is 2.14. The van der Waals surface area contributed by atoms with E-state index in [4.69, 9.17) is 15.1 Å². The van der Waals surface area contributed by atoms with Crippen LogP contribution in [0.25, 0.3) is 0 Å². The summed E-state index contributed by atoms with van der Waals surface area (Å²) in [5, 5.41) is 16.8. The molecule has 0 radical (unpaired) electrons. The number of carbonyl (C=O) groups excluding carboxylic acids is 1. The van der Waals surface area contributed by atoms with Crippen molar-refractivity contribution in [1.29, 1.82) is 5.26 Å². The van der Waals surface area contributed by atoms with Crippen LogP contribution < -0.4 is 0 Å². The Balaban J connectivity index is 3.91. The van der Waals surface area contributed by atoms with Gasteiger partial charge < -0.3 is 9.84 Å². The van der Waals surface area contributed by atoms with E-state index in [0.717, 1.165) is 12.8 Å². The zero-order valence-corrected chi connectivity index (χ0v) is 9.72. The standard InChI is InChI=1S/C12H17NO4/c1-2-5-10(6-3-4-7-13)9-17-12(16)8-11(14)15/h2,10H,1,3-6,8-9H2,(H,14,15). The smallest absolute Gasteiger partial charge is 0.317 e. The van der Waals surface area contributed by atoms with E-state index >= 15 is 0 Å². The van der Waals surface area contributed by atoms with Gasteiger partial charge in [-0.05, 0) is 25.2 Å². The van der Waals surface area contributed by atoms with Gasteiger partial charge >= 0.3 is 11.9 Å². The van der Waals surface area contributed by atoms with Crippen molar-refractivity contribution in [2.45, 2.75) is 32.1 Å². The number of ether oxygens (including phenoxy) is 1. The van der Waals surface area contributed by atoms with Crippen LogP contribution in [-0.2, 0) is 14.3 Å². The first-order valence-electron chi connectivity index (χ1n) is 5.45. The number of aliphatic carboxylic acids is 1.